The zero-order chi connectivity index (χ0) is 16.4. The molecule has 0 radical (unpaired) electrons. The molecule has 0 fully saturated rings. The highest BCUT2D eigenvalue weighted by Crippen LogP contribution is 2.28. The molecule has 112 valence electrons. The van der Waals surface area contributed by atoms with Crippen LogP contribution in [0.5, 0.6) is 0 Å². The molecule has 0 aliphatic heterocycles. The lowest BCUT2D eigenvalue weighted by atomic mass is 10.1. The predicted molar refractivity (Wildman–Crippen MR) is 77.6 cm³/mol. The Kier molecular flexibility index (Phi) is 3.81. The van der Waals surface area contributed by atoms with Crippen molar-refractivity contribution in [3.05, 3.63) is 51.3 Å². The number of nitriles is 1. The average Bonchev–Trinajstić information content (AvgIpc) is 2.83. The number of benzene rings is 1. The first-order chi connectivity index (χ1) is 10.4. The molecule has 2 aromatic rings. The van der Waals surface area contributed by atoms with Crippen molar-refractivity contribution in [3.8, 4) is 11.8 Å². The molecule has 0 aliphatic rings. The van der Waals surface area contributed by atoms with Crippen molar-refractivity contribution in [1.29, 1.82) is 5.26 Å². The fourth-order valence-corrected chi connectivity index (χ4v) is 2.08. The quantitative estimate of drug-likeness (QED) is 0.524. The molecule has 0 bridgehead atoms. The van der Waals surface area contributed by atoms with Crippen LogP contribution in [-0.2, 0) is 4.74 Å². The topological polar surface area (TPSA) is 124 Å². The number of hydrogen-bond acceptors (Lipinski definition) is 6. The van der Waals surface area contributed by atoms with Gasteiger partial charge in [-0.2, -0.15) is 5.26 Å². The second kappa shape index (κ2) is 5.57. The third-order valence-corrected chi connectivity index (χ3v) is 3.21. The Labute approximate surface area is 125 Å². The Bertz CT molecular complexity index is 817. The van der Waals surface area contributed by atoms with E-state index in [1.807, 2.05) is 6.07 Å². The van der Waals surface area contributed by atoms with E-state index >= 15 is 0 Å². The average molecular weight is 300 g/mol. The van der Waals surface area contributed by atoms with Gasteiger partial charge < -0.3 is 15.0 Å². The number of nitrogens with two attached hydrogens (primary N) is 1. The molecule has 0 spiro atoms. The van der Waals surface area contributed by atoms with Crippen LogP contribution in [0.4, 0.5) is 11.4 Å². The van der Waals surface area contributed by atoms with Crippen LogP contribution < -0.4 is 5.73 Å². The van der Waals surface area contributed by atoms with E-state index in [-0.39, 0.29) is 22.6 Å². The molecule has 8 heteroatoms. The number of carbonyl (C=O) groups excluding carboxylic acids is 1. The van der Waals surface area contributed by atoms with Crippen LogP contribution in [0.3, 0.4) is 0 Å². The van der Waals surface area contributed by atoms with Gasteiger partial charge in [-0.15, -0.1) is 0 Å². The van der Waals surface area contributed by atoms with Gasteiger partial charge in [-0.3, -0.25) is 10.1 Å². The van der Waals surface area contributed by atoms with Crippen molar-refractivity contribution in [2.24, 2.45) is 0 Å². The van der Waals surface area contributed by atoms with E-state index in [2.05, 4.69) is 4.74 Å². The number of nitro groups is 1. The number of non-ortho nitro benzene ring substituents is 1. The summed E-state index contributed by atoms with van der Waals surface area (Å²) in [5.74, 6) is -0.732. The maximum absolute atomic E-state index is 11.9. The van der Waals surface area contributed by atoms with Crippen LogP contribution in [-0.4, -0.2) is 22.6 Å². The maximum Gasteiger partial charge on any atom is 0.357 e. The molecule has 2 N–H and O–H groups in total. The molecular weight excluding hydrogens is 288 g/mol. The van der Waals surface area contributed by atoms with Gasteiger partial charge in [-0.25, -0.2) is 4.79 Å². The zero-order valence-corrected chi connectivity index (χ0v) is 11.9. The van der Waals surface area contributed by atoms with Gasteiger partial charge in [0.2, 0.25) is 0 Å². The second-order valence-electron chi connectivity index (χ2n) is 4.51. The fraction of sp³-hybridized carbons (Fsp3) is 0.143. The maximum atomic E-state index is 11.9. The van der Waals surface area contributed by atoms with Crippen molar-refractivity contribution in [3.63, 3.8) is 0 Å². The summed E-state index contributed by atoms with van der Waals surface area (Å²) >= 11 is 0. The van der Waals surface area contributed by atoms with E-state index in [0.717, 1.165) is 0 Å². The fourth-order valence-electron chi connectivity index (χ4n) is 2.08. The van der Waals surface area contributed by atoms with Gasteiger partial charge >= 0.3 is 5.97 Å². The van der Waals surface area contributed by atoms with E-state index in [1.54, 1.807) is 13.0 Å². The van der Waals surface area contributed by atoms with Gasteiger partial charge in [-0.1, -0.05) is 6.07 Å². The summed E-state index contributed by atoms with van der Waals surface area (Å²) in [6, 6.07) is 6.09. The van der Waals surface area contributed by atoms with Crippen LogP contribution in [0.25, 0.3) is 5.69 Å². The Balaban J connectivity index is 2.78. The van der Waals surface area contributed by atoms with E-state index < -0.39 is 10.9 Å². The normalized spacial score (nSPS) is 10.0. The number of aryl methyl sites for hydroxylation is 1. The van der Waals surface area contributed by atoms with Gasteiger partial charge in [0.15, 0.2) is 5.69 Å². The predicted octanol–water partition coefficient (Wildman–Crippen LogP) is 1.93. The van der Waals surface area contributed by atoms with Crippen molar-refractivity contribution in [2.75, 3.05) is 12.8 Å². The number of nitro benzene ring substituents is 1. The summed E-state index contributed by atoms with van der Waals surface area (Å²) < 4.78 is 6.01. The van der Waals surface area contributed by atoms with E-state index in [1.165, 1.54) is 30.0 Å². The lowest BCUT2D eigenvalue weighted by Crippen LogP contribution is -2.12. The minimum absolute atomic E-state index is 0.0275. The third-order valence-electron chi connectivity index (χ3n) is 3.21. The molecule has 2 rings (SSSR count). The Hall–Kier alpha value is -3.34. The number of nitrogens with zero attached hydrogens (tertiary/aromatic N) is 3. The molecule has 1 aromatic carbocycles. The first-order valence-corrected chi connectivity index (χ1v) is 6.15. The lowest BCUT2D eigenvalue weighted by molar-refractivity contribution is -0.384. The largest absolute Gasteiger partial charge is 0.464 e. The first kappa shape index (κ1) is 15.1. The lowest BCUT2D eigenvalue weighted by Gasteiger charge is -2.11. The van der Waals surface area contributed by atoms with Crippen LogP contribution >= 0.6 is 0 Å². The Morgan fingerprint density at radius 2 is 2.18 bits per heavy atom. The van der Waals surface area contributed by atoms with Crippen LogP contribution in [0.15, 0.2) is 24.4 Å². The van der Waals surface area contributed by atoms with Crippen molar-refractivity contribution >= 4 is 17.3 Å². The number of aromatic nitrogens is 1. The van der Waals surface area contributed by atoms with Crippen LogP contribution in [0, 0.1) is 28.4 Å². The molecule has 22 heavy (non-hydrogen) atoms. The van der Waals surface area contributed by atoms with Crippen molar-refractivity contribution in [2.45, 2.75) is 6.92 Å². The van der Waals surface area contributed by atoms with Gasteiger partial charge in [0.25, 0.3) is 5.69 Å². The van der Waals surface area contributed by atoms with Crippen LogP contribution in [0.1, 0.15) is 21.6 Å². The number of ether oxygens (including phenoxy) is 1. The molecule has 0 saturated carbocycles. The number of esters is 1. The molecule has 8 nitrogen and oxygen atoms in total. The van der Waals surface area contributed by atoms with Crippen LogP contribution in [0.2, 0.25) is 0 Å². The molecule has 0 atom stereocenters. The molecule has 0 unspecified atom stereocenters. The summed E-state index contributed by atoms with van der Waals surface area (Å²) in [6.45, 7) is 1.72. The number of nitrogen functional groups attached to an aromatic ring is 1. The molecule has 1 heterocycles. The molecule has 0 aliphatic carbocycles. The van der Waals surface area contributed by atoms with Gasteiger partial charge in [0, 0.05) is 18.3 Å². The molecular formula is C14H12N4O4. The standard InChI is InChI=1S/C14H12N4O4/c1-8-3-4-10(18(20)21)5-11(8)17-7-9(6-15)12(16)13(17)14(19)22-2/h3-5,7H,16H2,1-2H3. The highest BCUT2D eigenvalue weighted by Gasteiger charge is 2.23. The number of carbonyl (C=O) groups is 1. The monoisotopic (exact) mass is 300 g/mol. The smallest absolute Gasteiger partial charge is 0.357 e. The molecule has 0 saturated heterocycles. The highest BCUT2D eigenvalue weighted by molar-refractivity contribution is 5.96. The minimum Gasteiger partial charge on any atom is -0.464 e. The summed E-state index contributed by atoms with van der Waals surface area (Å²) in [5.41, 5.74) is 6.74. The number of anilines is 1. The van der Waals surface area contributed by atoms with Gasteiger partial charge in [0.05, 0.1) is 29.0 Å². The van der Waals surface area contributed by atoms with Gasteiger partial charge in [-0.05, 0) is 12.5 Å². The van der Waals surface area contributed by atoms with Gasteiger partial charge in [0.1, 0.15) is 6.07 Å². The SMILES string of the molecule is COC(=O)c1c(N)c(C#N)cn1-c1cc([N+](=O)[O-])ccc1C. The zero-order valence-electron chi connectivity index (χ0n) is 11.9. The number of rotatable bonds is 3. The van der Waals surface area contributed by atoms with Crippen molar-refractivity contribution in [1.82, 2.24) is 4.57 Å². The summed E-state index contributed by atoms with van der Waals surface area (Å²) in [7, 11) is 1.19. The second-order valence-corrected chi connectivity index (χ2v) is 4.51. The van der Waals surface area contributed by atoms with E-state index in [4.69, 9.17) is 11.0 Å². The highest BCUT2D eigenvalue weighted by atomic mass is 16.6. The number of hydrogen-bond donors (Lipinski definition) is 1. The van der Waals surface area contributed by atoms with Crippen molar-refractivity contribution < 1.29 is 14.5 Å². The Morgan fingerprint density at radius 3 is 2.73 bits per heavy atom. The molecule has 1 aromatic heterocycles. The summed E-state index contributed by atoms with van der Waals surface area (Å²) in [6.07, 6.45) is 1.35. The summed E-state index contributed by atoms with van der Waals surface area (Å²) in [4.78, 5) is 22.3. The van der Waals surface area contributed by atoms with E-state index in [0.29, 0.717) is 11.3 Å². The Morgan fingerprint density at radius 1 is 1.50 bits per heavy atom. The van der Waals surface area contributed by atoms with E-state index in [9.17, 15) is 14.9 Å². The first-order valence-electron chi connectivity index (χ1n) is 6.15. The summed E-state index contributed by atoms with van der Waals surface area (Å²) in [5, 5.41) is 20.0. The number of methoxy groups -OCH3 is 1. The molecule has 0 amide bonds. The minimum atomic E-state index is -0.732. The third kappa shape index (κ3) is 2.35.